The largest absolute Gasteiger partial charge is 0.397 e. The Kier molecular flexibility index (Phi) is 30.6. The van der Waals surface area contributed by atoms with Crippen LogP contribution in [0.2, 0.25) is 0 Å². The van der Waals surface area contributed by atoms with Crippen LogP contribution in [0.3, 0.4) is 0 Å². The summed E-state index contributed by atoms with van der Waals surface area (Å²) >= 11 is 0. The third-order valence-electron chi connectivity index (χ3n) is 9.98. The van der Waals surface area contributed by atoms with E-state index in [1.54, 1.807) is 6.08 Å². The van der Waals surface area contributed by atoms with Gasteiger partial charge in [0.25, 0.3) is 0 Å². The van der Waals surface area contributed by atoms with E-state index in [2.05, 4.69) is 35.5 Å². The van der Waals surface area contributed by atoms with Gasteiger partial charge < -0.3 is 35.2 Å². The summed E-state index contributed by atoms with van der Waals surface area (Å²) in [6, 6.07) is -0.944. The van der Waals surface area contributed by atoms with Crippen LogP contribution >= 0.6 is 0 Å². The van der Waals surface area contributed by atoms with E-state index >= 15 is 0 Å². The highest BCUT2D eigenvalue weighted by Gasteiger charge is 2.48. The van der Waals surface area contributed by atoms with Gasteiger partial charge in [-0.3, -0.25) is 9.35 Å². The predicted octanol–water partition coefficient (Wildman–Crippen LogP) is 7.38. The van der Waals surface area contributed by atoms with Crippen LogP contribution < -0.4 is 5.32 Å². The maximum atomic E-state index is 13.0. The maximum absolute atomic E-state index is 13.0. The van der Waals surface area contributed by atoms with Crippen molar-refractivity contribution in [2.75, 3.05) is 13.2 Å². The number of nitrogens with one attached hydrogen (secondary N) is 1. The minimum absolute atomic E-state index is 0.259. The van der Waals surface area contributed by atoms with E-state index in [0.29, 0.717) is 6.42 Å². The molecule has 1 rings (SSSR count). The Balaban J connectivity index is 2.57. The van der Waals surface area contributed by atoms with Crippen molar-refractivity contribution >= 4 is 16.3 Å². The number of aliphatic hydroxyl groups excluding tert-OH is 4. The van der Waals surface area contributed by atoms with Gasteiger partial charge in [-0.2, -0.15) is 8.42 Å². The molecule has 6 N–H and O–H groups in total. The fourth-order valence-corrected chi connectivity index (χ4v) is 7.13. The lowest BCUT2D eigenvalue weighted by Gasteiger charge is -2.41. The highest BCUT2D eigenvalue weighted by molar-refractivity contribution is 7.80. The summed E-state index contributed by atoms with van der Waals surface area (Å²) in [5.41, 5.74) is 0. The minimum atomic E-state index is -5.08. The third-order valence-corrected chi connectivity index (χ3v) is 10.4. The van der Waals surface area contributed by atoms with Gasteiger partial charge >= 0.3 is 10.4 Å². The normalized spacial score (nSPS) is 21.9. The standard InChI is InChI=1S/C41H77NO11S/c1-3-5-7-9-11-13-15-16-17-18-19-21-23-25-27-29-31-37(45)42-34(35(44)30-28-26-24-22-20-14-12-10-8-6-4-2)33-51-41-39(47)40(53-54(48,49)50)38(46)36(32-43)52-41/h17-18,28,30,34-36,38-41,43-44,46-47H,3-16,19-27,29,31-33H2,1-2H3,(H,42,45)(H,48,49,50)/b18-17-,30-28+. The Morgan fingerprint density at radius 3 is 1.67 bits per heavy atom. The van der Waals surface area contributed by atoms with Gasteiger partial charge in [0.15, 0.2) is 6.29 Å². The predicted molar refractivity (Wildman–Crippen MR) is 213 cm³/mol. The Morgan fingerprint density at radius 2 is 1.19 bits per heavy atom. The molecule has 0 aromatic carbocycles. The molecule has 1 amide bonds. The second-order valence-corrected chi connectivity index (χ2v) is 16.0. The molecule has 12 nitrogen and oxygen atoms in total. The molecule has 0 aromatic heterocycles. The zero-order valence-electron chi connectivity index (χ0n) is 33.5. The molecule has 54 heavy (non-hydrogen) atoms. The van der Waals surface area contributed by atoms with Gasteiger partial charge in [0.2, 0.25) is 5.91 Å². The van der Waals surface area contributed by atoms with Gasteiger partial charge in [0.05, 0.1) is 25.4 Å². The zero-order chi connectivity index (χ0) is 39.9. The molecule has 1 fully saturated rings. The average molecular weight is 792 g/mol. The van der Waals surface area contributed by atoms with E-state index in [0.717, 1.165) is 57.8 Å². The molecule has 0 aliphatic carbocycles. The molecule has 0 radical (unpaired) electrons. The number of hydrogen-bond donors (Lipinski definition) is 6. The van der Waals surface area contributed by atoms with Gasteiger partial charge in [-0.25, -0.2) is 4.18 Å². The summed E-state index contributed by atoms with van der Waals surface area (Å²) in [6.07, 6.45) is 26.5. The molecular weight excluding hydrogens is 715 g/mol. The molecule has 7 atom stereocenters. The molecule has 0 saturated carbocycles. The van der Waals surface area contributed by atoms with E-state index in [1.807, 2.05) is 6.08 Å². The van der Waals surface area contributed by atoms with E-state index in [-0.39, 0.29) is 18.9 Å². The van der Waals surface area contributed by atoms with E-state index in [1.165, 1.54) is 89.9 Å². The van der Waals surface area contributed by atoms with Crippen LogP contribution in [0.5, 0.6) is 0 Å². The third kappa shape index (κ3) is 25.7. The topological polar surface area (TPSA) is 192 Å². The molecule has 0 spiro atoms. The van der Waals surface area contributed by atoms with Gasteiger partial charge in [0, 0.05) is 6.42 Å². The quantitative estimate of drug-likeness (QED) is 0.0213. The summed E-state index contributed by atoms with van der Waals surface area (Å²) in [7, 11) is -5.08. The summed E-state index contributed by atoms with van der Waals surface area (Å²) in [5.74, 6) is -0.273. The number of carbonyl (C=O) groups is 1. The van der Waals surface area contributed by atoms with Crippen LogP contribution in [0.4, 0.5) is 0 Å². The lowest BCUT2D eigenvalue weighted by molar-refractivity contribution is -0.298. The van der Waals surface area contributed by atoms with Gasteiger partial charge in [-0.1, -0.05) is 147 Å². The molecule has 1 saturated heterocycles. The van der Waals surface area contributed by atoms with Gasteiger partial charge in [0.1, 0.15) is 24.4 Å². The van der Waals surface area contributed by atoms with Crippen LogP contribution in [-0.4, -0.2) is 95.4 Å². The second kappa shape index (κ2) is 32.6. The van der Waals surface area contributed by atoms with Gasteiger partial charge in [-0.15, -0.1) is 0 Å². The number of rotatable bonds is 35. The van der Waals surface area contributed by atoms with Crippen LogP contribution in [-0.2, 0) is 28.9 Å². The number of amides is 1. The van der Waals surface area contributed by atoms with Crippen molar-refractivity contribution < 1.29 is 51.8 Å². The number of hydrogen-bond acceptors (Lipinski definition) is 10. The average Bonchev–Trinajstić information content (AvgIpc) is 3.14. The maximum Gasteiger partial charge on any atom is 0.397 e. The highest BCUT2D eigenvalue weighted by Crippen LogP contribution is 2.26. The first-order valence-electron chi connectivity index (χ1n) is 21.2. The highest BCUT2D eigenvalue weighted by atomic mass is 32.3. The zero-order valence-corrected chi connectivity index (χ0v) is 34.4. The first kappa shape index (κ1) is 50.6. The van der Waals surface area contributed by atoms with E-state index < -0.39 is 59.9 Å². The van der Waals surface area contributed by atoms with Crippen molar-refractivity contribution in [3.63, 3.8) is 0 Å². The molecule has 1 aliphatic heterocycles. The van der Waals surface area contributed by atoms with Crippen LogP contribution in [0.25, 0.3) is 0 Å². The Morgan fingerprint density at radius 1 is 0.722 bits per heavy atom. The summed E-state index contributed by atoms with van der Waals surface area (Å²) in [4.78, 5) is 13.0. The summed E-state index contributed by atoms with van der Waals surface area (Å²) < 4.78 is 47.4. The van der Waals surface area contributed by atoms with E-state index in [9.17, 15) is 33.6 Å². The Bertz CT molecular complexity index is 1070. The number of aliphatic hydroxyl groups is 4. The summed E-state index contributed by atoms with van der Waals surface area (Å²) in [6.45, 7) is 3.34. The monoisotopic (exact) mass is 792 g/mol. The Labute approximate surface area is 327 Å². The lowest BCUT2D eigenvalue weighted by Crippen LogP contribution is -2.61. The minimum Gasteiger partial charge on any atom is -0.394 e. The first-order valence-corrected chi connectivity index (χ1v) is 22.6. The second-order valence-electron chi connectivity index (χ2n) is 14.9. The number of ether oxygens (including phenoxy) is 2. The van der Waals surface area contributed by atoms with E-state index in [4.69, 9.17) is 14.0 Å². The fraction of sp³-hybridized carbons (Fsp3) is 0.878. The van der Waals surface area contributed by atoms with Crippen molar-refractivity contribution in [1.82, 2.24) is 5.32 Å². The van der Waals surface area contributed by atoms with Crippen molar-refractivity contribution in [3.05, 3.63) is 24.3 Å². The molecule has 0 aromatic rings. The van der Waals surface area contributed by atoms with Crippen molar-refractivity contribution in [2.24, 2.45) is 0 Å². The lowest BCUT2D eigenvalue weighted by atomic mass is 9.99. The van der Waals surface area contributed by atoms with Gasteiger partial charge in [-0.05, 0) is 44.9 Å². The van der Waals surface area contributed by atoms with Crippen LogP contribution in [0, 0.1) is 0 Å². The van der Waals surface area contributed by atoms with Crippen molar-refractivity contribution in [1.29, 1.82) is 0 Å². The molecular formula is C41H77NO11S. The van der Waals surface area contributed by atoms with Crippen molar-refractivity contribution in [3.8, 4) is 0 Å². The molecule has 318 valence electrons. The van der Waals surface area contributed by atoms with Crippen LogP contribution in [0.15, 0.2) is 24.3 Å². The molecule has 13 heteroatoms. The number of carbonyl (C=O) groups excluding carboxylic acids is 1. The van der Waals surface area contributed by atoms with Crippen LogP contribution in [0.1, 0.15) is 174 Å². The molecule has 7 unspecified atom stereocenters. The molecule has 1 aliphatic rings. The fourth-order valence-electron chi connectivity index (χ4n) is 6.62. The number of unbranched alkanes of at least 4 members (excludes halogenated alkanes) is 21. The number of allylic oxidation sites excluding steroid dienone is 3. The first-order chi connectivity index (χ1) is 26.0. The summed E-state index contributed by atoms with van der Waals surface area (Å²) in [5, 5.41) is 44.5. The smallest absolute Gasteiger partial charge is 0.394 e. The SMILES string of the molecule is CCCCCCCCC/C=C\CCCCCCCC(=O)NC(COC1OC(CO)C(O)C(OS(=O)(=O)O)C1O)C(O)/C=C/CCCCCCCCCCC. The molecule has 1 heterocycles. The Hall–Kier alpha value is -1.42. The molecule has 0 bridgehead atoms. The van der Waals surface area contributed by atoms with Crippen molar-refractivity contribution in [2.45, 2.75) is 217 Å².